The first-order valence-electron chi connectivity index (χ1n) is 7.09. The van der Waals surface area contributed by atoms with E-state index in [2.05, 4.69) is 23.9 Å². The smallest absolute Gasteiger partial charge is 0.179 e. The zero-order valence-electron chi connectivity index (χ0n) is 12.2. The third kappa shape index (κ3) is 3.43. The number of benzene rings is 1. The molecule has 104 valence electrons. The molecule has 1 saturated heterocycles. The molecule has 0 saturated carbocycles. The van der Waals surface area contributed by atoms with E-state index in [1.54, 1.807) is 0 Å². The maximum Gasteiger partial charge on any atom is 0.179 e. The van der Waals surface area contributed by atoms with Gasteiger partial charge in [0.2, 0.25) is 0 Å². The Labute approximate surface area is 116 Å². The lowest BCUT2D eigenvalue weighted by Crippen LogP contribution is -2.47. The number of Topliss-reactive ketones (excluding diaryl/α,β-unsaturated/α-hetero) is 1. The van der Waals surface area contributed by atoms with Gasteiger partial charge in [-0.3, -0.25) is 9.69 Å². The highest BCUT2D eigenvalue weighted by Crippen LogP contribution is 2.18. The van der Waals surface area contributed by atoms with Crippen LogP contribution in [0.2, 0.25) is 0 Å². The van der Waals surface area contributed by atoms with Gasteiger partial charge in [0.1, 0.15) is 0 Å². The van der Waals surface area contributed by atoms with Crippen LogP contribution in [0.4, 0.5) is 0 Å². The van der Waals surface area contributed by atoms with Gasteiger partial charge in [-0.25, -0.2) is 0 Å². The van der Waals surface area contributed by atoms with E-state index in [1.807, 2.05) is 37.3 Å². The maximum atomic E-state index is 12.4. The number of carbonyl (C=O) groups is 1. The van der Waals surface area contributed by atoms with Crippen LogP contribution in [-0.2, 0) is 0 Å². The summed E-state index contributed by atoms with van der Waals surface area (Å²) in [5, 5.41) is 0. The van der Waals surface area contributed by atoms with Crippen molar-refractivity contribution in [1.82, 2.24) is 9.80 Å². The number of nitrogens with zero attached hydrogens (tertiary/aromatic N) is 2. The van der Waals surface area contributed by atoms with Crippen molar-refractivity contribution in [2.45, 2.75) is 31.8 Å². The SMILES string of the molecule is CC(C(=O)c1ccccc1)N1CCC(N(C)C)CC1. The molecule has 3 heteroatoms. The zero-order valence-corrected chi connectivity index (χ0v) is 12.2. The third-order valence-corrected chi connectivity index (χ3v) is 4.21. The summed E-state index contributed by atoms with van der Waals surface area (Å²) in [5.74, 6) is 0.240. The fraction of sp³-hybridized carbons (Fsp3) is 0.562. The molecule has 2 rings (SSSR count). The lowest BCUT2D eigenvalue weighted by Gasteiger charge is -2.37. The molecule has 0 aromatic heterocycles. The Hall–Kier alpha value is -1.19. The van der Waals surface area contributed by atoms with Crippen LogP contribution in [0.5, 0.6) is 0 Å². The van der Waals surface area contributed by atoms with Crippen molar-refractivity contribution in [2.75, 3.05) is 27.2 Å². The Bertz CT molecular complexity index is 408. The van der Waals surface area contributed by atoms with Gasteiger partial charge < -0.3 is 4.90 Å². The second-order valence-electron chi connectivity index (χ2n) is 5.64. The fourth-order valence-electron chi connectivity index (χ4n) is 2.80. The number of ketones is 1. The summed E-state index contributed by atoms with van der Waals surface area (Å²) in [6.07, 6.45) is 2.30. The highest BCUT2D eigenvalue weighted by atomic mass is 16.1. The summed E-state index contributed by atoms with van der Waals surface area (Å²) in [6.45, 7) is 4.07. The third-order valence-electron chi connectivity index (χ3n) is 4.21. The number of likely N-dealkylation sites (tertiary alicyclic amines) is 1. The van der Waals surface area contributed by atoms with Crippen LogP contribution < -0.4 is 0 Å². The average Bonchev–Trinajstić information content (AvgIpc) is 2.46. The Morgan fingerprint density at radius 3 is 2.32 bits per heavy atom. The van der Waals surface area contributed by atoms with E-state index < -0.39 is 0 Å². The number of piperidine rings is 1. The van der Waals surface area contributed by atoms with E-state index in [0.717, 1.165) is 31.5 Å². The van der Waals surface area contributed by atoms with Crippen LogP contribution >= 0.6 is 0 Å². The normalized spacial score (nSPS) is 19.6. The molecule has 0 aliphatic carbocycles. The summed E-state index contributed by atoms with van der Waals surface area (Å²) in [7, 11) is 4.28. The lowest BCUT2D eigenvalue weighted by molar-refractivity contribution is 0.0736. The molecule has 1 fully saturated rings. The predicted octanol–water partition coefficient (Wildman–Crippen LogP) is 2.28. The van der Waals surface area contributed by atoms with Crippen molar-refractivity contribution >= 4 is 5.78 Å². The van der Waals surface area contributed by atoms with Gasteiger partial charge in [0, 0.05) is 24.7 Å². The summed E-state index contributed by atoms with van der Waals surface area (Å²) in [5.41, 5.74) is 0.824. The summed E-state index contributed by atoms with van der Waals surface area (Å²) in [4.78, 5) is 17.0. The van der Waals surface area contributed by atoms with E-state index in [-0.39, 0.29) is 11.8 Å². The zero-order chi connectivity index (χ0) is 13.8. The van der Waals surface area contributed by atoms with Gasteiger partial charge >= 0.3 is 0 Å². The molecule has 1 heterocycles. The molecular weight excluding hydrogens is 236 g/mol. The minimum absolute atomic E-state index is 0.00878. The van der Waals surface area contributed by atoms with Gasteiger partial charge in [0.25, 0.3) is 0 Å². The second kappa shape index (κ2) is 6.31. The van der Waals surface area contributed by atoms with Crippen molar-refractivity contribution in [3.05, 3.63) is 35.9 Å². The topological polar surface area (TPSA) is 23.6 Å². The molecule has 3 nitrogen and oxygen atoms in total. The highest BCUT2D eigenvalue weighted by Gasteiger charge is 2.27. The van der Waals surface area contributed by atoms with Gasteiger partial charge in [-0.2, -0.15) is 0 Å². The molecule has 1 atom stereocenters. The largest absolute Gasteiger partial charge is 0.306 e. The van der Waals surface area contributed by atoms with Gasteiger partial charge in [0.15, 0.2) is 5.78 Å². The van der Waals surface area contributed by atoms with Crippen LogP contribution in [-0.4, -0.2) is 54.9 Å². The van der Waals surface area contributed by atoms with Crippen molar-refractivity contribution in [1.29, 1.82) is 0 Å². The summed E-state index contributed by atoms with van der Waals surface area (Å²) >= 11 is 0. The fourth-order valence-corrected chi connectivity index (χ4v) is 2.80. The van der Waals surface area contributed by atoms with Crippen LogP contribution in [0.1, 0.15) is 30.1 Å². The van der Waals surface area contributed by atoms with Crippen LogP contribution in [0.3, 0.4) is 0 Å². The van der Waals surface area contributed by atoms with Crippen LogP contribution in [0.15, 0.2) is 30.3 Å². The minimum Gasteiger partial charge on any atom is -0.306 e. The molecule has 0 spiro atoms. The quantitative estimate of drug-likeness (QED) is 0.776. The van der Waals surface area contributed by atoms with Crippen molar-refractivity contribution in [3.63, 3.8) is 0 Å². The van der Waals surface area contributed by atoms with Gasteiger partial charge in [0.05, 0.1) is 6.04 Å². The maximum absolute atomic E-state index is 12.4. The van der Waals surface area contributed by atoms with E-state index in [0.29, 0.717) is 6.04 Å². The molecule has 0 bridgehead atoms. The first-order chi connectivity index (χ1) is 9.09. The van der Waals surface area contributed by atoms with Crippen molar-refractivity contribution < 1.29 is 4.79 Å². The van der Waals surface area contributed by atoms with E-state index in [1.165, 1.54) is 0 Å². The van der Waals surface area contributed by atoms with Gasteiger partial charge in [-0.1, -0.05) is 30.3 Å². The van der Waals surface area contributed by atoms with Crippen LogP contribution in [0.25, 0.3) is 0 Å². The lowest BCUT2D eigenvalue weighted by atomic mass is 9.99. The molecule has 19 heavy (non-hydrogen) atoms. The summed E-state index contributed by atoms with van der Waals surface area (Å²) < 4.78 is 0. The monoisotopic (exact) mass is 260 g/mol. The molecule has 1 unspecified atom stereocenters. The number of hydrogen-bond acceptors (Lipinski definition) is 3. The highest BCUT2D eigenvalue weighted by molar-refractivity contribution is 5.99. The van der Waals surface area contributed by atoms with Gasteiger partial charge in [-0.15, -0.1) is 0 Å². The number of carbonyl (C=O) groups excluding carboxylic acids is 1. The van der Waals surface area contributed by atoms with E-state index in [4.69, 9.17) is 0 Å². The van der Waals surface area contributed by atoms with Crippen molar-refractivity contribution in [2.24, 2.45) is 0 Å². The predicted molar refractivity (Wildman–Crippen MR) is 78.5 cm³/mol. The Morgan fingerprint density at radius 1 is 1.21 bits per heavy atom. The molecule has 1 aromatic carbocycles. The molecule has 0 N–H and O–H groups in total. The van der Waals surface area contributed by atoms with Gasteiger partial charge in [-0.05, 0) is 33.9 Å². The average molecular weight is 260 g/mol. The molecule has 1 aromatic rings. The number of hydrogen-bond donors (Lipinski definition) is 0. The first-order valence-corrected chi connectivity index (χ1v) is 7.09. The molecule has 1 aliphatic heterocycles. The Balaban J connectivity index is 1.94. The Kier molecular flexibility index (Phi) is 4.72. The molecule has 0 radical (unpaired) electrons. The Morgan fingerprint density at radius 2 is 1.79 bits per heavy atom. The molecular formula is C16H24N2O. The minimum atomic E-state index is -0.00878. The van der Waals surface area contributed by atoms with Crippen molar-refractivity contribution in [3.8, 4) is 0 Å². The van der Waals surface area contributed by atoms with E-state index in [9.17, 15) is 4.79 Å². The molecule has 1 aliphatic rings. The van der Waals surface area contributed by atoms with Crippen LogP contribution in [0, 0.1) is 0 Å². The molecule has 0 amide bonds. The number of rotatable bonds is 4. The van der Waals surface area contributed by atoms with E-state index >= 15 is 0 Å². The second-order valence-corrected chi connectivity index (χ2v) is 5.64. The summed E-state index contributed by atoms with van der Waals surface area (Å²) in [6, 6.07) is 10.3. The standard InChI is InChI=1S/C16H24N2O/c1-13(16(19)14-7-5-4-6-8-14)18-11-9-15(10-12-18)17(2)3/h4-8,13,15H,9-12H2,1-3H3. The first kappa shape index (κ1) is 14.2.